The molecule has 24 heavy (non-hydrogen) atoms. The van der Waals surface area contributed by atoms with Crippen LogP contribution in [0.4, 0.5) is 0 Å². The van der Waals surface area contributed by atoms with Gasteiger partial charge in [0.15, 0.2) is 0 Å². The lowest BCUT2D eigenvalue weighted by Crippen LogP contribution is -1.99. The number of hydrogen-bond donors (Lipinski definition) is 1. The average Bonchev–Trinajstić information content (AvgIpc) is 2.56. The molecule has 124 valence electrons. The Kier molecular flexibility index (Phi) is 4.85. The molecule has 1 heterocycles. The molecule has 1 N–H and O–H groups in total. The van der Waals surface area contributed by atoms with Gasteiger partial charge in [0.1, 0.15) is 17.1 Å². The van der Waals surface area contributed by atoms with Crippen LogP contribution < -0.4 is 10.4 Å². The first-order chi connectivity index (χ1) is 11.6. The zero-order valence-corrected chi connectivity index (χ0v) is 13.6. The molecule has 0 atom stereocenters. The molecule has 0 unspecified atom stereocenters. The maximum atomic E-state index is 11.3. The molecular formula is C20H20O4. The molecule has 3 rings (SSSR count). The molecule has 0 saturated carbocycles. The minimum atomic E-state index is -0.574. The van der Waals surface area contributed by atoms with Crippen molar-refractivity contribution >= 4 is 11.0 Å². The van der Waals surface area contributed by atoms with E-state index in [1.165, 1.54) is 11.1 Å². The Morgan fingerprint density at radius 1 is 1.04 bits per heavy atom. The van der Waals surface area contributed by atoms with Crippen molar-refractivity contribution in [2.24, 2.45) is 0 Å². The highest BCUT2D eigenvalue weighted by Gasteiger charge is 2.06. The Morgan fingerprint density at radius 2 is 1.83 bits per heavy atom. The number of unbranched alkanes of at least 4 members (excludes halogenated alkanes) is 1. The van der Waals surface area contributed by atoms with Crippen molar-refractivity contribution in [2.45, 2.75) is 26.2 Å². The standard InChI is InChI=1S/C20H20O4/c1-14-5-7-15(8-6-14)4-2-3-11-23-16-9-10-17-18(21)13-20(22)24-19(17)12-16/h5-10,12-13,21H,2-4,11H2,1H3. The van der Waals surface area contributed by atoms with Crippen molar-refractivity contribution in [2.75, 3.05) is 6.61 Å². The van der Waals surface area contributed by atoms with E-state index in [1.54, 1.807) is 18.2 Å². The molecule has 2 aromatic carbocycles. The van der Waals surface area contributed by atoms with Crippen molar-refractivity contribution in [3.63, 3.8) is 0 Å². The fraction of sp³-hybridized carbons (Fsp3) is 0.250. The van der Waals surface area contributed by atoms with Gasteiger partial charge in [-0.25, -0.2) is 4.79 Å². The van der Waals surface area contributed by atoms with E-state index in [2.05, 4.69) is 31.2 Å². The summed E-state index contributed by atoms with van der Waals surface area (Å²) in [5.41, 5.74) is 2.37. The molecule has 0 aliphatic heterocycles. The fourth-order valence-corrected chi connectivity index (χ4v) is 2.59. The average molecular weight is 324 g/mol. The highest BCUT2D eigenvalue weighted by molar-refractivity contribution is 5.83. The largest absolute Gasteiger partial charge is 0.507 e. The number of fused-ring (bicyclic) bond motifs is 1. The van der Waals surface area contributed by atoms with Gasteiger partial charge in [-0.2, -0.15) is 0 Å². The number of benzene rings is 2. The highest BCUT2D eigenvalue weighted by Crippen LogP contribution is 2.26. The van der Waals surface area contributed by atoms with Crippen molar-refractivity contribution in [3.8, 4) is 11.5 Å². The second kappa shape index (κ2) is 7.21. The summed E-state index contributed by atoms with van der Waals surface area (Å²) >= 11 is 0. The van der Waals surface area contributed by atoms with E-state index in [1.807, 2.05) is 0 Å². The smallest absolute Gasteiger partial charge is 0.339 e. The second-order valence-corrected chi connectivity index (χ2v) is 5.90. The van der Waals surface area contributed by atoms with Gasteiger partial charge in [-0.15, -0.1) is 0 Å². The van der Waals surface area contributed by atoms with Crippen LogP contribution in [-0.4, -0.2) is 11.7 Å². The van der Waals surface area contributed by atoms with Gasteiger partial charge >= 0.3 is 5.63 Å². The van der Waals surface area contributed by atoms with Gasteiger partial charge in [0.05, 0.1) is 18.1 Å². The number of aromatic hydroxyl groups is 1. The van der Waals surface area contributed by atoms with Crippen molar-refractivity contribution in [1.82, 2.24) is 0 Å². The first kappa shape index (κ1) is 16.1. The number of aryl methyl sites for hydroxylation is 2. The maximum absolute atomic E-state index is 11.3. The van der Waals surface area contributed by atoms with Gasteiger partial charge in [-0.05, 0) is 43.9 Å². The summed E-state index contributed by atoms with van der Waals surface area (Å²) in [5.74, 6) is 0.553. The van der Waals surface area contributed by atoms with Crippen molar-refractivity contribution < 1.29 is 14.3 Å². The summed E-state index contributed by atoms with van der Waals surface area (Å²) in [6, 6.07) is 14.7. The Balaban J connectivity index is 1.52. The van der Waals surface area contributed by atoms with Crippen LogP contribution >= 0.6 is 0 Å². The third kappa shape index (κ3) is 3.96. The Bertz CT molecular complexity index is 878. The van der Waals surface area contributed by atoms with Crippen LogP contribution in [0.2, 0.25) is 0 Å². The topological polar surface area (TPSA) is 59.7 Å². The Hall–Kier alpha value is -2.75. The van der Waals surface area contributed by atoms with Crippen LogP contribution in [0, 0.1) is 6.92 Å². The van der Waals surface area contributed by atoms with Crippen LogP contribution in [0.25, 0.3) is 11.0 Å². The van der Waals surface area contributed by atoms with Gasteiger partial charge in [0.25, 0.3) is 0 Å². The van der Waals surface area contributed by atoms with Crippen molar-refractivity contribution in [1.29, 1.82) is 0 Å². The molecule has 0 bridgehead atoms. The number of rotatable bonds is 6. The molecule has 0 radical (unpaired) electrons. The van der Waals surface area contributed by atoms with Gasteiger partial charge < -0.3 is 14.3 Å². The second-order valence-electron chi connectivity index (χ2n) is 5.90. The molecule has 0 aliphatic rings. The zero-order valence-electron chi connectivity index (χ0n) is 13.6. The van der Waals surface area contributed by atoms with E-state index >= 15 is 0 Å². The minimum Gasteiger partial charge on any atom is -0.507 e. The third-order valence-electron chi connectivity index (χ3n) is 3.94. The van der Waals surface area contributed by atoms with E-state index in [0.717, 1.165) is 25.3 Å². The van der Waals surface area contributed by atoms with E-state index in [9.17, 15) is 9.90 Å². The van der Waals surface area contributed by atoms with Crippen LogP contribution in [0.5, 0.6) is 11.5 Å². The van der Waals surface area contributed by atoms with Crippen LogP contribution in [-0.2, 0) is 6.42 Å². The monoisotopic (exact) mass is 324 g/mol. The summed E-state index contributed by atoms with van der Waals surface area (Å²) in [4.78, 5) is 11.3. The highest BCUT2D eigenvalue weighted by atomic mass is 16.5. The molecular weight excluding hydrogens is 304 g/mol. The van der Waals surface area contributed by atoms with Crippen molar-refractivity contribution in [3.05, 3.63) is 70.1 Å². The van der Waals surface area contributed by atoms with Gasteiger partial charge in [0.2, 0.25) is 0 Å². The van der Waals surface area contributed by atoms with Gasteiger partial charge in [0, 0.05) is 6.07 Å². The summed E-state index contributed by atoms with van der Waals surface area (Å²) in [5, 5.41) is 10.2. The quantitative estimate of drug-likeness (QED) is 0.545. The predicted octanol–water partition coefficient (Wildman–Crippen LogP) is 4.21. The van der Waals surface area contributed by atoms with Gasteiger partial charge in [-0.1, -0.05) is 29.8 Å². The molecule has 4 nitrogen and oxygen atoms in total. The molecule has 1 aromatic heterocycles. The summed E-state index contributed by atoms with van der Waals surface area (Å²) in [7, 11) is 0. The molecule has 0 amide bonds. The maximum Gasteiger partial charge on any atom is 0.339 e. The first-order valence-electron chi connectivity index (χ1n) is 8.07. The molecule has 0 saturated heterocycles. The molecule has 3 aromatic rings. The molecule has 0 fully saturated rings. The van der Waals surface area contributed by atoms with Gasteiger partial charge in [-0.3, -0.25) is 0 Å². The van der Waals surface area contributed by atoms with E-state index in [4.69, 9.17) is 9.15 Å². The zero-order chi connectivity index (χ0) is 16.9. The summed E-state index contributed by atoms with van der Waals surface area (Å²) < 4.78 is 10.8. The normalized spacial score (nSPS) is 10.9. The van der Waals surface area contributed by atoms with E-state index in [-0.39, 0.29) is 5.75 Å². The van der Waals surface area contributed by atoms with E-state index in [0.29, 0.717) is 23.3 Å². The summed E-state index contributed by atoms with van der Waals surface area (Å²) in [6.07, 6.45) is 3.02. The predicted molar refractivity (Wildman–Crippen MR) is 93.8 cm³/mol. The lowest BCUT2D eigenvalue weighted by Gasteiger charge is -2.07. The molecule has 0 spiro atoms. The Labute approximate surface area is 140 Å². The molecule has 4 heteroatoms. The first-order valence-corrected chi connectivity index (χ1v) is 8.07. The van der Waals surface area contributed by atoms with E-state index < -0.39 is 5.63 Å². The number of hydrogen-bond acceptors (Lipinski definition) is 4. The van der Waals surface area contributed by atoms with Crippen LogP contribution in [0.1, 0.15) is 24.0 Å². The van der Waals surface area contributed by atoms with Crippen LogP contribution in [0.15, 0.2) is 57.7 Å². The minimum absolute atomic E-state index is 0.0779. The Morgan fingerprint density at radius 3 is 2.62 bits per heavy atom. The lowest BCUT2D eigenvalue weighted by atomic mass is 10.1. The third-order valence-corrected chi connectivity index (χ3v) is 3.94. The fourth-order valence-electron chi connectivity index (χ4n) is 2.59. The summed E-state index contributed by atoms with van der Waals surface area (Å²) in [6.45, 7) is 2.68. The SMILES string of the molecule is Cc1ccc(CCCCOc2ccc3c(O)cc(=O)oc3c2)cc1. The van der Waals surface area contributed by atoms with Crippen LogP contribution in [0.3, 0.4) is 0 Å². The lowest BCUT2D eigenvalue weighted by molar-refractivity contribution is 0.307. The molecule has 0 aliphatic carbocycles. The number of ether oxygens (including phenoxy) is 1.